The van der Waals surface area contributed by atoms with E-state index in [1.54, 1.807) is 5.56 Å². The lowest BCUT2D eigenvalue weighted by Gasteiger charge is -2.48. The molecule has 0 heterocycles. The highest BCUT2D eigenvalue weighted by Crippen LogP contribution is 2.52. The molecule has 3 aromatic rings. The number of aryl methyl sites for hydroxylation is 2. The lowest BCUT2D eigenvalue weighted by Crippen LogP contribution is -2.39. The van der Waals surface area contributed by atoms with Crippen LogP contribution in [0.15, 0.2) is 42.5 Å². The zero-order valence-electron chi connectivity index (χ0n) is 16.4. The molecule has 0 aliphatic heterocycles. The van der Waals surface area contributed by atoms with E-state index in [1.807, 2.05) is 0 Å². The molecule has 2 saturated carbocycles. The van der Waals surface area contributed by atoms with Gasteiger partial charge in [-0.05, 0) is 95.0 Å². The van der Waals surface area contributed by atoms with Gasteiger partial charge >= 0.3 is 0 Å². The molecule has 0 radical (unpaired) electrons. The average molecular weight is 343 g/mol. The molecule has 0 nitrogen and oxygen atoms in total. The predicted octanol–water partition coefficient (Wildman–Crippen LogP) is 7.47. The maximum atomic E-state index is 2.57. The van der Waals surface area contributed by atoms with Gasteiger partial charge in [-0.1, -0.05) is 62.2 Å². The van der Waals surface area contributed by atoms with Crippen molar-refractivity contribution in [3.05, 3.63) is 59.2 Å². The lowest BCUT2D eigenvalue weighted by atomic mass is 9.56. The standard InChI is InChI=1S/C26H30/c1-17-13-20-7-6-12-26(15-17,16-20)21-10-11-24-18(2)22-8-4-5-9-23(22)19(3)25(24)14-21/h4-5,8-11,14,17,20H,6-7,12-13,15-16H2,1-3H3. The molecule has 134 valence electrons. The molecule has 0 heteroatoms. The Kier molecular flexibility index (Phi) is 3.68. The quantitative estimate of drug-likeness (QED) is 0.402. The van der Waals surface area contributed by atoms with Gasteiger partial charge in [0, 0.05) is 0 Å². The highest BCUT2D eigenvalue weighted by atomic mass is 14.5. The Hall–Kier alpha value is -1.82. The summed E-state index contributed by atoms with van der Waals surface area (Å²) < 4.78 is 0. The van der Waals surface area contributed by atoms with Crippen LogP contribution < -0.4 is 0 Å². The van der Waals surface area contributed by atoms with Crippen molar-refractivity contribution in [3.63, 3.8) is 0 Å². The Bertz CT molecular complexity index is 992. The van der Waals surface area contributed by atoms with E-state index >= 15 is 0 Å². The molecular weight excluding hydrogens is 312 g/mol. The summed E-state index contributed by atoms with van der Waals surface area (Å²) in [6.45, 7) is 7.09. The summed E-state index contributed by atoms with van der Waals surface area (Å²) in [5, 5.41) is 5.75. The summed E-state index contributed by atoms with van der Waals surface area (Å²) in [5.41, 5.74) is 4.96. The van der Waals surface area contributed by atoms with Crippen LogP contribution in [0.2, 0.25) is 0 Å². The van der Waals surface area contributed by atoms with Gasteiger partial charge in [0.1, 0.15) is 0 Å². The summed E-state index contributed by atoms with van der Waals surface area (Å²) in [4.78, 5) is 0. The van der Waals surface area contributed by atoms with E-state index in [0.29, 0.717) is 5.41 Å². The van der Waals surface area contributed by atoms with Gasteiger partial charge in [0.2, 0.25) is 0 Å². The van der Waals surface area contributed by atoms with Crippen molar-refractivity contribution in [3.8, 4) is 0 Å². The molecule has 0 saturated heterocycles. The first-order valence-corrected chi connectivity index (χ1v) is 10.5. The van der Waals surface area contributed by atoms with E-state index in [9.17, 15) is 0 Å². The summed E-state index contributed by atoms with van der Waals surface area (Å²) in [6, 6.07) is 16.4. The normalized spacial score (nSPS) is 28.6. The monoisotopic (exact) mass is 342 g/mol. The third-order valence-electron chi connectivity index (χ3n) is 7.60. The van der Waals surface area contributed by atoms with E-state index < -0.39 is 0 Å². The van der Waals surface area contributed by atoms with Crippen molar-refractivity contribution in [2.45, 2.75) is 64.7 Å². The molecule has 2 aliphatic carbocycles. The Morgan fingerprint density at radius 3 is 2.31 bits per heavy atom. The number of benzene rings is 3. The fourth-order valence-corrected chi connectivity index (χ4v) is 6.51. The molecule has 3 unspecified atom stereocenters. The van der Waals surface area contributed by atoms with E-state index in [1.165, 1.54) is 71.2 Å². The second-order valence-electron chi connectivity index (χ2n) is 9.34. The number of fused-ring (bicyclic) bond motifs is 4. The van der Waals surface area contributed by atoms with Gasteiger partial charge in [0.25, 0.3) is 0 Å². The van der Waals surface area contributed by atoms with Crippen LogP contribution in [0, 0.1) is 25.7 Å². The number of rotatable bonds is 1. The fourth-order valence-electron chi connectivity index (χ4n) is 6.51. The third kappa shape index (κ3) is 2.34. The van der Waals surface area contributed by atoms with Crippen LogP contribution in [0.1, 0.15) is 62.1 Å². The molecule has 2 aliphatic rings. The molecule has 26 heavy (non-hydrogen) atoms. The molecule has 0 N–H and O–H groups in total. The molecule has 3 atom stereocenters. The summed E-state index contributed by atoms with van der Waals surface area (Å²) >= 11 is 0. The molecule has 0 amide bonds. The molecule has 2 bridgehead atoms. The zero-order chi connectivity index (χ0) is 17.9. The lowest BCUT2D eigenvalue weighted by molar-refractivity contribution is 0.110. The van der Waals surface area contributed by atoms with E-state index in [4.69, 9.17) is 0 Å². The molecule has 0 spiro atoms. The van der Waals surface area contributed by atoms with Crippen LogP contribution in [-0.4, -0.2) is 0 Å². The number of hydrogen-bond acceptors (Lipinski definition) is 0. The van der Waals surface area contributed by atoms with Gasteiger partial charge < -0.3 is 0 Å². The van der Waals surface area contributed by atoms with Crippen molar-refractivity contribution in [2.24, 2.45) is 11.8 Å². The van der Waals surface area contributed by atoms with Gasteiger partial charge in [-0.25, -0.2) is 0 Å². The van der Waals surface area contributed by atoms with Crippen molar-refractivity contribution in [2.75, 3.05) is 0 Å². The van der Waals surface area contributed by atoms with E-state index in [2.05, 4.69) is 63.2 Å². The van der Waals surface area contributed by atoms with Crippen LogP contribution >= 0.6 is 0 Å². The van der Waals surface area contributed by atoms with Crippen molar-refractivity contribution in [1.82, 2.24) is 0 Å². The highest BCUT2D eigenvalue weighted by molar-refractivity contribution is 6.05. The van der Waals surface area contributed by atoms with Gasteiger partial charge in [-0.2, -0.15) is 0 Å². The molecule has 3 aromatic carbocycles. The van der Waals surface area contributed by atoms with Gasteiger partial charge in [-0.3, -0.25) is 0 Å². The maximum absolute atomic E-state index is 2.57. The Balaban J connectivity index is 1.73. The fraction of sp³-hybridized carbons (Fsp3) is 0.462. The van der Waals surface area contributed by atoms with Crippen molar-refractivity contribution in [1.29, 1.82) is 0 Å². The zero-order valence-corrected chi connectivity index (χ0v) is 16.4. The van der Waals surface area contributed by atoms with E-state index in [0.717, 1.165) is 11.8 Å². The predicted molar refractivity (Wildman–Crippen MR) is 113 cm³/mol. The SMILES string of the molecule is Cc1c2ccccc2c(C)c2cc(C34CCCC(CC(C)C3)C4)ccc12. The Morgan fingerprint density at radius 1 is 0.846 bits per heavy atom. The second-order valence-corrected chi connectivity index (χ2v) is 9.34. The Morgan fingerprint density at radius 2 is 1.54 bits per heavy atom. The van der Waals surface area contributed by atoms with Crippen molar-refractivity contribution >= 4 is 21.5 Å². The van der Waals surface area contributed by atoms with Crippen LogP contribution in [0.5, 0.6) is 0 Å². The minimum Gasteiger partial charge on any atom is -0.0625 e. The van der Waals surface area contributed by atoms with Crippen LogP contribution in [0.4, 0.5) is 0 Å². The molecule has 5 rings (SSSR count). The first kappa shape index (κ1) is 16.4. The first-order valence-electron chi connectivity index (χ1n) is 10.5. The highest BCUT2D eigenvalue weighted by Gasteiger charge is 2.42. The number of hydrogen-bond donors (Lipinski definition) is 0. The third-order valence-corrected chi connectivity index (χ3v) is 7.60. The van der Waals surface area contributed by atoms with Gasteiger partial charge in [0.05, 0.1) is 0 Å². The smallest absolute Gasteiger partial charge is 0.00416 e. The maximum Gasteiger partial charge on any atom is -0.00416 e. The van der Waals surface area contributed by atoms with Gasteiger partial charge in [0.15, 0.2) is 0 Å². The van der Waals surface area contributed by atoms with Crippen molar-refractivity contribution < 1.29 is 0 Å². The van der Waals surface area contributed by atoms with Crippen LogP contribution in [0.25, 0.3) is 21.5 Å². The van der Waals surface area contributed by atoms with Crippen LogP contribution in [-0.2, 0) is 5.41 Å². The molecule has 2 fully saturated rings. The Labute approximate surface area is 157 Å². The van der Waals surface area contributed by atoms with Crippen LogP contribution in [0.3, 0.4) is 0 Å². The largest absolute Gasteiger partial charge is 0.0625 e. The average Bonchev–Trinajstić information content (AvgIpc) is 2.65. The molecular formula is C26H30. The molecule has 0 aromatic heterocycles. The van der Waals surface area contributed by atoms with Gasteiger partial charge in [-0.15, -0.1) is 0 Å². The topological polar surface area (TPSA) is 0 Å². The first-order chi connectivity index (χ1) is 12.6. The summed E-state index contributed by atoms with van der Waals surface area (Å²) in [6.07, 6.45) is 8.55. The summed E-state index contributed by atoms with van der Waals surface area (Å²) in [7, 11) is 0. The van der Waals surface area contributed by atoms with E-state index in [-0.39, 0.29) is 0 Å². The minimum absolute atomic E-state index is 0.445. The minimum atomic E-state index is 0.445. The summed E-state index contributed by atoms with van der Waals surface area (Å²) in [5.74, 6) is 1.84. The second kappa shape index (κ2) is 5.84.